The molecule has 1 aliphatic carbocycles. The summed E-state index contributed by atoms with van der Waals surface area (Å²) in [5, 5.41) is 3.43. The number of nitrogens with one attached hydrogen (secondary N) is 1. The van der Waals surface area contributed by atoms with Crippen LogP contribution in [0.25, 0.3) is 0 Å². The summed E-state index contributed by atoms with van der Waals surface area (Å²) in [4.78, 5) is 15.4. The number of amides is 1. The van der Waals surface area contributed by atoms with Crippen LogP contribution in [0.5, 0.6) is 0 Å². The fourth-order valence-corrected chi connectivity index (χ4v) is 4.25. The van der Waals surface area contributed by atoms with E-state index in [4.69, 9.17) is 0 Å². The Morgan fingerprint density at radius 2 is 1.75 bits per heavy atom. The first kappa shape index (κ1) is 20.9. The van der Waals surface area contributed by atoms with Gasteiger partial charge in [-0.25, -0.2) is 0 Å². The number of hydrogen-bond acceptors (Lipinski definition) is 2. The second-order valence-corrected chi connectivity index (χ2v) is 8.23. The van der Waals surface area contributed by atoms with Gasteiger partial charge in [-0.1, -0.05) is 48.9 Å². The van der Waals surface area contributed by atoms with Crippen LogP contribution in [0.4, 0.5) is 0 Å². The lowest BCUT2D eigenvalue weighted by Gasteiger charge is -2.32. The summed E-state index contributed by atoms with van der Waals surface area (Å²) in [7, 11) is 0. The molecule has 2 aromatic carbocycles. The maximum absolute atomic E-state index is 13.3. The van der Waals surface area contributed by atoms with Crippen molar-refractivity contribution in [3.05, 3.63) is 71.3 Å². The highest BCUT2D eigenvalue weighted by Crippen LogP contribution is 2.28. The Balaban J connectivity index is 0.00000225. The SMILES string of the molecule is Cl.O=C(c1cccc(CC2CCNC2)c1)N(Cc1ccccc1)CC1CCC1. The highest BCUT2D eigenvalue weighted by atomic mass is 35.5. The van der Waals surface area contributed by atoms with Crippen LogP contribution in [-0.4, -0.2) is 30.4 Å². The predicted octanol–water partition coefficient (Wildman–Crippen LogP) is 4.70. The minimum Gasteiger partial charge on any atom is -0.334 e. The third kappa shape index (κ3) is 5.36. The molecule has 150 valence electrons. The maximum atomic E-state index is 13.3. The van der Waals surface area contributed by atoms with Crippen LogP contribution >= 0.6 is 12.4 Å². The molecule has 1 unspecified atom stereocenters. The summed E-state index contributed by atoms with van der Waals surface area (Å²) < 4.78 is 0. The average Bonchev–Trinajstić information content (AvgIpc) is 3.17. The lowest BCUT2D eigenvalue weighted by atomic mass is 9.85. The molecule has 0 radical (unpaired) electrons. The van der Waals surface area contributed by atoms with Gasteiger partial charge in [-0.2, -0.15) is 0 Å². The van der Waals surface area contributed by atoms with Gasteiger partial charge in [0.15, 0.2) is 0 Å². The van der Waals surface area contributed by atoms with Gasteiger partial charge in [0, 0.05) is 18.7 Å². The lowest BCUT2D eigenvalue weighted by molar-refractivity contribution is 0.0679. The molecule has 2 fully saturated rings. The van der Waals surface area contributed by atoms with Gasteiger partial charge >= 0.3 is 0 Å². The molecule has 1 amide bonds. The van der Waals surface area contributed by atoms with Crippen molar-refractivity contribution in [1.29, 1.82) is 0 Å². The molecular weight excluding hydrogens is 368 g/mol. The van der Waals surface area contributed by atoms with Crippen molar-refractivity contribution in [2.24, 2.45) is 11.8 Å². The van der Waals surface area contributed by atoms with E-state index in [1.165, 1.54) is 36.8 Å². The number of rotatable bonds is 7. The number of carbonyl (C=O) groups excluding carboxylic acids is 1. The molecule has 0 bridgehead atoms. The standard InChI is InChI=1S/C24H30N2O.ClH/c27-24(23-11-5-10-21(15-23)14-22-12-13-25-16-22)26(18-20-8-4-9-20)17-19-6-2-1-3-7-19;/h1-3,5-7,10-11,15,20,22,25H,4,8-9,12-14,16-18H2;1H. The zero-order valence-electron chi connectivity index (χ0n) is 16.5. The maximum Gasteiger partial charge on any atom is 0.254 e. The van der Waals surface area contributed by atoms with E-state index in [2.05, 4.69) is 52.7 Å². The molecule has 4 heteroatoms. The van der Waals surface area contributed by atoms with Crippen LogP contribution in [-0.2, 0) is 13.0 Å². The third-order valence-electron chi connectivity index (χ3n) is 6.07. The monoisotopic (exact) mass is 398 g/mol. The van der Waals surface area contributed by atoms with E-state index >= 15 is 0 Å². The number of carbonyl (C=O) groups is 1. The van der Waals surface area contributed by atoms with Crippen molar-refractivity contribution >= 4 is 18.3 Å². The van der Waals surface area contributed by atoms with E-state index in [1.54, 1.807) is 0 Å². The highest BCUT2D eigenvalue weighted by molar-refractivity contribution is 5.94. The fourth-order valence-electron chi connectivity index (χ4n) is 4.25. The van der Waals surface area contributed by atoms with Crippen molar-refractivity contribution in [2.75, 3.05) is 19.6 Å². The molecule has 4 rings (SSSR count). The fraction of sp³-hybridized carbons (Fsp3) is 0.458. The number of hydrogen-bond donors (Lipinski definition) is 1. The summed E-state index contributed by atoms with van der Waals surface area (Å²) in [6.07, 6.45) is 6.12. The van der Waals surface area contributed by atoms with Gasteiger partial charge in [-0.15, -0.1) is 12.4 Å². The van der Waals surface area contributed by atoms with Gasteiger partial charge in [-0.3, -0.25) is 4.79 Å². The molecule has 3 nitrogen and oxygen atoms in total. The van der Waals surface area contributed by atoms with E-state index in [9.17, 15) is 4.79 Å². The first-order chi connectivity index (χ1) is 13.3. The number of benzene rings is 2. The second-order valence-electron chi connectivity index (χ2n) is 8.23. The molecule has 0 aromatic heterocycles. The van der Waals surface area contributed by atoms with Gasteiger partial charge in [0.2, 0.25) is 0 Å². The van der Waals surface area contributed by atoms with Crippen LogP contribution in [0.3, 0.4) is 0 Å². The molecule has 1 saturated carbocycles. The largest absolute Gasteiger partial charge is 0.334 e. The Bertz CT molecular complexity index is 754. The Labute approximate surface area is 174 Å². The van der Waals surface area contributed by atoms with Crippen LogP contribution < -0.4 is 5.32 Å². The molecule has 1 aliphatic heterocycles. The van der Waals surface area contributed by atoms with Gasteiger partial charge in [0.05, 0.1) is 0 Å². The third-order valence-corrected chi connectivity index (χ3v) is 6.07. The summed E-state index contributed by atoms with van der Waals surface area (Å²) in [6.45, 7) is 3.80. The molecule has 2 aliphatic rings. The Morgan fingerprint density at radius 1 is 0.964 bits per heavy atom. The van der Waals surface area contributed by atoms with E-state index < -0.39 is 0 Å². The smallest absolute Gasteiger partial charge is 0.254 e. The van der Waals surface area contributed by atoms with Crippen LogP contribution in [0.2, 0.25) is 0 Å². The molecule has 1 atom stereocenters. The minimum absolute atomic E-state index is 0. The molecular formula is C24H31ClN2O. The first-order valence-corrected chi connectivity index (χ1v) is 10.4. The quantitative estimate of drug-likeness (QED) is 0.732. The van der Waals surface area contributed by atoms with Gasteiger partial charge < -0.3 is 10.2 Å². The summed E-state index contributed by atoms with van der Waals surface area (Å²) in [5.41, 5.74) is 3.34. The lowest BCUT2D eigenvalue weighted by Crippen LogP contribution is -2.37. The second kappa shape index (κ2) is 10.1. The van der Waals surface area contributed by atoms with Crippen molar-refractivity contribution in [3.63, 3.8) is 0 Å². The minimum atomic E-state index is 0. The van der Waals surface area contributed by atoms with E-state index in [0.29, 0.717) is 18.4 Å². The normalized spacial score (nSPS) is 18.9. The number of nitrogens with zero attached hydrogens (tertiary/aromatic N) is 1. The zero-order valence-corrected chi connectivity index (χ0v) is 17.3. The van der Waals surface area contributed by atoms with Crippen molar-refractivity contribution in [3.8, 4) is 0 Å². The van der Waals surface area contributed by atoms with E-state index in [-0.39, 0.29) is 18.3 Å². The van der Waals surface area contributed by atoms with Crippen molar-refractivity contribution in [2.45, 2.75) is 38.6 Å². The molecule has 1 saturated heterocycles. The van der Waals surface area contributed by atoms with Crippen molar-refractivity contribution in [1.82, 2.24) is 10.2 Å². The van der Waals surface area contributed by atoms with E-state index in [1.807, 2.05) is 12.1 Å². The first-order valence-electron chi connectivity index (χ1n) is 10.4. The van der Waals surface area contributed by atoms with Crippen LogP contribution in [0.1, 0.15) is 47.2 Å². The van der Waals surface area contributed by atoms with Crippen LogP contribution in [0.15, 0.2) is 54.6 Å². The topological polar surface area (TPSA) is 32.3 Å². The predicted molar refractivity (Wildman–Crippen MR) is 117 cm³/mol. The average molecular weight is 399 g/mol. The summed E-state index contributed by atoms with van der Waals surface area (Å²) >= 11 is 0. The molecule has 28 heavy (non-hydrogen) atoms. The molecule has 1 N–H and O–H groups in total. The van der Waals surface area contributed by atoms with Gasteiger partial charge in [0.25, 0.3) is 5.91 Å². The Morgan fingerprint density at radius 3 is 2.43 bits per heavy atom. The molecule has 0 spiro atoms. The van der Waals surface area contributed by atoms with Gasteiger partial charge in [0.1, 0.15) is 0 Å². The Kier molecular flexibility index (Phi) is 7.52. The summed E-state index contributed by atoms with van der Waals surface area (Å²) in [5.74, 6) is 1.55. The molecule has 1 heterocycles. The molecule has 2 aromatic rings. The number of halogens is 1. The Hall–Kier alpha value is -1.84. The summed E-state index contributed by atoms with van der Waals surface area (Å²) in [6, 6.07) is 18.7. The highest BCUT2D eigenvalue weighted by Gasteiger charge is 2.25. The van der Waals surface area contributed by atoms with E-state index in [0.717, 1.165) is 31.6 Å². The zero-order chi connectivity index (χ0) is 18.5. The van der Waals surface area contributed by atoms with Crippen molar-refractivity contribution < 1.29 is 4.79 Å². The van der Waals surface area contributed by atoms with Crippen LogP contribution in [0, 0.1) is 11.8 Å². The van der Waals surface area contributed by atoms with Gasteiger partial charge in [-0.05, 0) is 73.9 Å².